The maximum atomic E-state index is 12.0. The number of esters is 1. The molecule has 0 saturated heterocycles. The number of rotatable bonds is 6. The molecule has 21 heavy (non-hydrogen) atoms. The second-order valence-corrected chi connectivity index (χ2v) is 4.95. The lowest BCUT2D eigenvalue weighted by atomic mass is 10.1. The average Bonchev–Trinajstić information content (AvgIpc) is 2.44. The maximum absolute atomic E-state index is 12.0. The molecule has 0 spiro atoms. The van der Waals surface area contributed by atoms with E-state index in [1.54, 1.807) is 0 Å². The van der Waals surface area contributed by atoms with Crippen molar-refractivity contribution in [1.29, 1.82) is 0 Å². The topological polar surface area (TPSA) is 92.7 Å². The number of aliphatic carboxylic acids is 1. The van der Waals surface area contributed by atoms with E-state index < -0.39 is 23.9 Å². The summed E-state index contributed by atoms with van der Waals surface area (Å²) in [5.41, 5.74) is 0.0634. The Hall–Kier alpha value is -1.79. The number of methoxy groups -OCH3 is 1. The third-order valence-electron chi connectivity index (χ3n) is 2.64. The van der Waals surface area contributed by atoms with Gasteiger partial charge in [-0.25, -0.2) is 4.79 Å². The van der Waals surface area contributed by atoms with Crippen LogP contribution in [0.15, 0.2) is 18.2 Å². The van der Waals surface area contributed by atoms with E-state index in [1.165, 1.54) is 25.3 Å². The van der Waals surface area contributed by atoms with Crippen molar-refractivity contribution < 1.29 is 24.2 Å². The molecule has 1 amide bonds. The van der Waals surface area contributed by atoms with Crippen molar-refractivity contribution >= 4 is 41.0 Å². The molecule has 0 fully saturated rings. The minimum atomic E-state index is -1.26. The van der Waals surface area contributed by atoms with Crippen molar-refractivity contribution in [3.63, 3.8) is 0 Å². The van der Waals surface area contributed by atoms with Crippen LogP contribution in [0.2, 0.25) is 10.0 Å². The van der Waals surface area contributed by atoms with Crippen molar-refractivity contribution in [2.24, 2.45) is 0 Å². The van der Waals surface area contributed by atoms with Crippen LogP contribution in [0.4, 0.5) is 0 Å². The zero-order valence-electron chi connectivity index (χ0n) is 11.1. The van der Waals surface area contributed by atoms with E-state index in [2.05, 4.69) is 10.1 Å². The number of carbonyl (C=O) groups is 3. The second kappa shape index (κ2) is 7.85. The Kier molecular flexibility index (Phi) is 6.45. The van der Waals surface area contributed by atoms with Crippen LogP contribution in [0.5, 0.6) is 0 Å². The Morgan fingerprint density at radius 1 is 1.33 bits per heavy atom. The van der Waals surface area contributed by atoms with Crippen LogP contribution in [0.25, 0.3) is 0 Å². The second-order valence-electron chi connectivity index (χ2n) is 4.10. The van der Waals surface area contributed by atoms with Crippen molar-refractivity contribution in [3.05, 3.63) is 33.8 Å². The third kappa shape index (κ3) is 5.24. The SMILES string of the molecule is COC(=O)CC[C@@H](NC(=O)c1cc(Cl)ccc1Cl)C(=O)O. The highest BCUT2D eigenvalue weighted by atomic mass is 35.5. The Bertz CT molecular complexity index is 561. The van der Waals surface area contributed by atoms with E-state index in [0.29, 0.717) is 5.02 Å². The van der Waals surface area contributed by atoms with E-state index in [1.807, 2.05) is 0 Å². The minimum Gasteiger partial charge on any atom is -0.480 e. The number of nitrogens with one attached hydrogen (secondary N) is 1. The van der Waals surface area contributed by atoms with Gasteiger partial charge < -0.3 is 15.2 Å². The molecule has 0 aromatic heterocycles. The molecular weight excluding hydrogens is 321 g/mol. The lowest BCUT2D eigenvalue weighted by molar-refractivity contribution is -0.142. The summed E-state index contributed by atoms with van der Waals surface area (Å²) in [5.74, 6) is -2.50. The van der Waals surface area contributed by atoms with Crippen LogP contribution >= 0.6 is 23.2 Å². The van der Waals surface area contributed by atoms with Gasteiger partial charge >= 0.3 is 11.9 Å². The highest BCUT2D eigenvalue weighted by molar-refractivity contribution is 6.35. The normalized spacial score (nSPS) is 11.6. The Labute approximate surface area is 131 Å². The van der Waals surface area contributed by atoms with Gasteiger partial charge in [-0.2, -0.15) is 0 Å². The van der Waals surface area contributed by atoms with Crippen LogP contribution in [0.1, 0.15) is 23.2 Å². The van der Waals surface area contributed by atoms with E-state index in [-0.39, 0.29) is 23.4 Å². The number of carboxylic acids is 1. The first-order valence-corrected chi connectivity index (χ1v) is 6.66. The summed E-state index contributed by atoms with van der Waals surface area (Å²) in [7, 11) is 1.20. The number of carboxylic acid groups (broad SMARTS) is 1. The zero-order chi connectivity index (χ0) is 16.0. The fourth-order valence-electron chi connectivity index (χ4n) is 1.53. The minimum absolute atomic E-state index is 0.0634. The van der Waals surface area contributed by atoms with Crippen LogP contribution in [-0.2, 0) is 14.3 Å². The summed E-state index contributed by atoms with van der Waals surface area (Å²) >= 11 is 11.6. The van der Waals surface area contributed by atoms with E-state index in [0.717, 1.165) is 0 Å². The first-order valence-electron chi connectivity index (χ1n) is 5.90. The van der Waals surface area contributed by atoms with Gasteiger partial charge in [-0.05, 0) is 24.6 Å². The van der Waals surface area contributed by atoms with Gasteiger partial charge in [0.25, 0.3) is 5.91 Å². The van der Waals surface area contributed by atoms with Crippen LogP contribution in [-0.4, -0.2) is 36.1 Å². The molecule has 1 atom stereocenters. The molecule has 1 rings (SSSR count). The summed E-state index contributed by atoms with van der Waals surface area (Å²) in [4.78, 5) is 34.1. The molecule has 0 aliphatic carbocycles. The first-order chi connectivity index (χ1) is 9.85. The van der Waals surface area contributed by atoms with E-state index in [9.17, 15) is 14.4 Å². The summed E-state index contributed by atoms with van der Waals surface area (Å²) in [6.07, 6.45) is -0.219. The highest BCUT2D eigenvalue weighted by Crippen LogP contribution is 2.20. The number of amides is 1. The van der Waals surface area contributed by atoms with Gasteiger partial charge in [0, 0.05) is 11.4 Å². The van der Waals surface area contributed by atoms with Crippen molar-refractivity contribution in [1.82, 2.24) is 5.32 Å². The molecule has 0 saturated carbocycles. The molecule has 2 N–H and O–H groups in total. The summed E-state index contributed by atoms with van der Waals surface area (Å²) < 4.78 is 4.42. The molecule has 6 nitrogen and oxygen atoms in total. The highest BCUT2D eigenvalue weighted by Gasteiger charge is 2.23. The largest absolute Gasteiger partial charge is 0.480 e. The predicted octanol–water partition coefficient (Wildman–Crippen LogP) is 2.13. The molecular formula is C13H13Cl2NO5. The van der Waals surface area contributed by atoms with Crippen molar-refractivity contribution in [2.75, 3.05) is 7.11 Å². The lowest BCUT2D eigenvalue weighted by Gasteiger charge is -2.14. The summed E-state index contributed by atoms with van der Waals surface area (Å²) in [6.45, 7) is 0. The molecule has 8 heteroatoms. The number of ether oxygens (including phenoxy) is 1. The Morgan fingerprint density at radius 3 is 2.57 bits per heavy atom. The Balaban J connectivity index is 2.79. The van der Waals surface area contributed by atoms with Crippen LogP contribution < -0.4 is 5.32 Å². The third-order valence-corrected chi connectivity index (χ3v) is 3.21. The molecule has 0 aliphatic rings. The smallest absolute Gasteiger partial charge is 0.326 e. The fourth-order valence-corrected chi connectivity index (χ4v) is 1.90. The van der Waals surface area contributed by atoms with Gasteiger partial charge in [-0.1, -0.05) is 23.2 Å². The molecule has 0 unspecified atom stereocenters. The fraction of sp³-hybridized carbons (Fsp3) is 0.308. The van der Waals surface area contributed by atoms with Gasteiger partial charge in [0.1, 0.15) is 6.04 Å². The monoisotopic (exact) mass is 333 g/mol. The van der Waals surface area contributed by atoms with E-state index in [4.69, 9.17) is 28.3 Å². The number of hydrogen-bond acceptors (Lipinski definition) is 4. The number of hydrogen-bond donors (Lipinski definition) is 2. The Morgan fingerprint density at radius 2 is 2.00 bits per heavy atom. The summed E-state index contributed by atoms with van der Waals surface area (Å²) in [5, 5.41) is 11.8. The average molecular weight is 334 g/mol. The van der Waals surface area contributed by atoms with Crippen LogP contribution in [0.3, 0.4) is 0 Å². The molecule has 1 aromatic carbocycles. The van der Waals surface area contributed by atoms with Crippen molar-refractivity contribution in [2.45, 2.75) is 18.9 Å². The van der Waals surface area contributed by atoms with Crippen LogP contribution in [0, 0.1) is 0 Å². The van der Waals surface area contributed by atoms with Gasteiger partial charge in [-0.15, -0.1) is 0 Å². The van der Waals surface area contributed by atoms with Gasteiger partial charge in [0.05, 0.1) is 17.7 Å². The molecule has 1 aromatic rings. The maximum Gasteiger partial charge on any atom is 0.326 e. The lowest BCUT2D eigenvalue weighted by Crippen LogP contribution is -2.41. The quantitative estimate of drug-likeness (QED) is 0.778. The first kappa shape index (κ1) is 17.3. The molecule has 114 valence electrons. The number of benzene rings is 1. The molecule has 0 heterocycles. The summed E-state index contributed by atoms with van der Waals surface area (Å²) in [6, 6.07) is 3.04. The van der Waals surface area contributed by atoms with Gasteiger partial charge in [0.2, 0.25) is 0 Å². The molecule has 0 radical (unpaired) electrons. The standard InChI is InChI=1S/C13H13Cl2NO5/c1-21-11(17)5-4-10(13(19)20)16-12(18)8-6-7(14)2-3-9(8)15/h2-3,6,10H,4-5H2,1H3,(H,16,18)(H,19,20)/t10-/m1/s1. The van der Waals surface area contributed by atoms with E-state index >= 15 is 0 Å². The molecule has 0 bridgehead atoms. The van der Waals surface area contributed by atoms with Gasteiger partial charge in [0.15, 0.2) is 0 Å². The number of halogens is 2. The number of carbonyl (C=O) groups excluding carboxylic acids is 2. The van der Waals surface area contributed by atoms with Gasteiger partial charge in [-0.3, -0.25) is 9.59 Å². The molecule has 0 aliphatic heterocycles. The predicted molar refractivity (Wildman–Crippen MR) is 76.6 cm³/mol. The zero-order valence-corrected chi connectivity index (χ0v) is 12.6. The van der Waals surface area contributed by atoms with Crippen molar-refractivity contribution in [3.8, 4) is 0 Å².